The Kier molecular flexibility index (Phi) is 13.4. The monoisotopic (exact) mass is 256 g/mol. The molecule has 0 rings (SSSR count). The van der Waals surface area contributed by atoms with E-state index in [0.29, 0.717) is 6.61 Å². The zero-order valence-electron chi connectivity index (χ0n) is 11.4. The van der Waals surface area contributed by atoms with Crippen molar-refractivity contribution < 1.29 is 4.74 Å². The number of thiocarbonyl (C=S) groups is 1. The molecule has 0 saturated heterocycles. The number of rotatable bonds is 12. The number of hydrogen-bond acceptors (Lipinski definition) is 2. The number of ether oxygens (including phenoxy) is 1. The third-order valence-electron chi connectivity index (χ3n) is 2.85. The van der Waals surface area contributed by atoms with Crippen molar-refractivity contribution in [1.29, 1.82) is 0 Å². The average molecular weight is 256 g/mol. The van der Waals surface area contributed by atoms with Gasteiger partial charge >= 0.3 is 0 Å². The minimum atomic E-state index is 0.552. The molecule has 0 N–H and O–H groups in total. The van der Waals surface area contributed by atoms with Crippen LogP contribution in [0.15, 0.2) is 12.7 Å². The molecule has 0 aromatic rings. The van der Waals surface area contributed by atoms with Gasteiger partial charge in [-0.3, -0.25) is 0 Å². The second-order valence-electron chi connectivity index (χ2n) is 4.55. The average Bonchev–Trinajstić information content (AvgIpc) is 2.34. The van der Waals surface area contributed by atoms with Crippen molar-refractivity contribution in [1.82, 2.24) is 0 Å². The fourth-order valence-electron chi connectivity index (χ4n) is 1.80. The van der Waals surface area contributed by atoms with Gasteiger partial charge in [-0.25, -0.2) is 0 Å². The van der Waals surface area contributed by atoms with Crippen molar-refractivity contribution >= 4 is 17.3 Å². The highest BCUT2D eigenvalue weighted by molar-refractivity contribution is 7.80. The number of unbranched alkanes of at least 4 members (excludes halogenated alkanes) is 8. The van der Waals surface area contributed by atoms with Gasteiger partial charge in [0, 0.05) is 6.42 Å². The minimum Gasteiger partial charge on any atom is -0.483 e. The second-order valence-corrected chi connectivity index (χ2v) is 5.01. The third-order valence-corrected chi connectivity index (χ3v) is 3.17. The van der Waals surface area contributed by atoms with Gasteiger partial charge in [-0.05, 0) is 18.6 Å². The Labute approximate surface area is 113 Å². The molecule has 0 unspecified atom stereocenters. The minimum absolute atomic E-state index is 0.552. The van der Waals surface area contributed by atoms with Crippen LogP contribution in [-0.2, 0) is 4.74 Å². The van der Waals surface area contributed by atoms with Crippen molar-refractivity contribution in [3.8, 4) is 0 Å². The topological polar surface area (TPSA) is 9.23 Å². The van der Waals surface area contributed by atoms with Crippen molar-refractivity contribution in [3.63, 3.8) is 0 Å². The summed E-state index contributed by atoms with van der Waals surface area (Å²) in [6.45, 7) is 6.41. The predicted octanol–water partition coefficient (Wildman–Crippen LogP) is 5.44. The fourth-order valence-corrected chi connectivity index (χ4v) is 2.02. The van der Waals surface area contributed by atoms with Crippen LogP contribution in [-0.4, -0.2) is 11.7 Å². The fraction of sp³-hybridized carbons (Fsp3) is 0.800. The van der Waals surface area contributed by atoms with Crippen LogP contribution in [0.5, 0.6) is 0 Å². The molecule has 0 aliphatic heterocycles. The summed E-state index contributed by atoms with van der Waals surface area (Å²) in [5.41, 5.74) is 0. The molecule has 0 aromatic heterocycles. The second kappa shape index (κ2) is 13.7. The molecule has 0 bridgehead atoms. The maximum atomic E-state index is 5.28. The van der Waals surface area contributed by atoms with E-state index in [1.807, 2.05) is 0 Å². The Morgan fingerprint density at radius 3 is 2.06 bits per heavy atom. The molecule has 100 valence electrons. The highest BCUT2D eigenvalue weighted by Gasteiger charge is 1.97. The predicted molar refractivity (Wildman–Crippen MR) is 80.6 cm³/mol. The van der Waals surface area contributed by atoms with Gasteiger partial charge < -0.3 is 4.74 Å². The van der Waals surface area contributed by atoms with Crippen LogP contribution in [0.25, 0.3) is 0 Å². The van der Waals surface area contributed by atoms with Crippen LogP contribution in [0.4, 0.5) is 0 Å². The summed E-state index contributed by atoms with van der Waals surface area (Å²) < 4.78 is 5.28. The molecular formula is C15H28OS. The van der Waals surface area contributed by atoms with Gasteiger partial charge in [-0.2, -0.15) is 0 Å². The van der Waals surface area contributed by atoms with E-state index in [-0.39, 0.29) is 0 Å². The highest BCUT2D eigenvalue weighted by atomic mass is 32.1. The molecule has 0 heterocycles. The van der Waals surface area contributed by atoms with Crippen LogP contribution in [0, 0.1) is 0 Å². The van der Waals surface area contributed by atoms with E-state index in [0.717, 1.165) is 11.5 Å². The summed E-state index contributed by atoms with van der Waals surface area (Å²) in [6.07, 6.45) is 14.8. The molecule has 0 radical (unpaired) electrons. The first-order valence-electron chi connectivity index (χ1n) is 7.07. The van der Waals surface area contributed by atoms with E-state index in [1.165, 1.54) is 57.8 Å². The van der Waals surface area contributed by atoms with Crippen molar-refractivity contribution in [2.45, 2.75) is 71.1 Å². The molecule has 0 spiro atoms. The zero-order chi connectivity index (χ0) is 12.8. The molecule has 0 atom stereocenters. The molecule has 0 aliphatic rings. The van der Waals surface area contributed by atoms with E-state index >= 15 is 0 Å². The van der Waals surface area contributed by atoms with E-state index in [4.69, 9.17) is 17.0 Å². The Balaban J connectivity index is 3.07. The van der Waals surface area contributed by atoms with Gasteiger partial charge in [-0.1, -0.05) is 70.9 Å². The van der Waals surface area contributed by atoms with Crippen molar-refractivity contribution in [2.24, 2.45) is 0 Å². The number of hydrogen-bond donors (Lipinski definition) is 0. The highest BCUT2D eigenvalue weighted by Crippen LogP contribution is 2.11. The molecule has 0 saturated carbocycles. The van der Waals surface area contributed by atoms with Gasteiger partial charge in [0.25, 0.3) is 0 Å². The summed E-state index contributed by atoms with van der Waals surface area (Å²) in [5.74, 6) is 0. The summed E-state index contributed by atoms with van der Waals surface area (Å²) in [6, 6.07) is 0. The maximum absolute atomic E-state index is 5.28. The maximum Gasteiger partial charge on any atom is 0.160 e. The molecule has 0 fully saturated rings. The van der Waals surface area contributed by atoms with Crippen LogP contribution in [0.1, 0.15) is 71.1 Å². The molecular weight excluding hydrogens is 228 g/mol. The lowest BCUT2D eigenvalue weighted by atomic mass is 10.1. The molecule has 1 nitrogen and oxygen atoms in total. The Morgan fingerprint density at radius 1 is 1.00 bits per heavy atom. The van der Waals surface area contributed by atoms with Gasteiger partial charge in [0.15, 0.2) is 5.05 Å². The lowest BCUT2D eigenvalue weighted by Crippen LogP contribution is -2.01. The van der Waals surface area contributed by atoms with Gasteiger partial charge in [0.1, 0.15) is 6.61 Å². The quantitative estimate of drug-likeness (QED) is 0.261. The first-order chi connectivity index (χ1) is 8.31. The van der Waals surface area contributed by atoms with E-state index in [2.05, 4.69) is 13.5 Å². The summed E-state index contributed by atoms with van der Waals surface area (Å²) in [7, 11) is 0. The molecule has 17 heavy (non-hydrogen) atoms. The summed E-state index contributed by atoms with van der Waals surface area (Å²) in [4.78, 5) is 0. The lowest BCUT2D eigenvalue weighted by molar-refractivity contribution is 0.348. The van der Waals surface area contributed by atoms with Gasteiger partial charge in [0.05, 0.1) is 0 Å². The Hall–Kier alpha value is -0.370. The largest absolute Gasteiger partial charge is 0.483 e. The van der Waals surface area contributed by atoms with Crippen LogP contribution in [0.3, 0.4) is 0 Å². The van der Waals surface area contributed by atoms with E-state index in [9.17, 15) is 0 Å². The Morgan fingerprint density at radius 2 is 1.53 bits per heavy atom. The van der Waals surface area contributed by atoms with Crippen LogP contribution >= 0.6 is 12.2 Å². The smallest absolute Gasteiger partial charge is 0.160 e. The van der Waals surface area contributed by atoms with Gasteiger partial charge in [-0.15, -0.1) is 0 Å². The molecule has 0 aliphatic carbocycles. The van der Waals surface area contributed by atoms with Crippen molar-refractivity contribution in [3.05, 3.63) is 12.7 Å². The lowest BCUT2D eigenvalue weighted by Gasteiger charge is -2.05. The van der Waals surface area contributed by atoms with E-state index < -0.39 is 0 Å². The normalized spacial score (nSPS) is 10.2. The van der Waals surface area contributed by atoms with Crippen molar-refractivity contribution in [2.75, 3.05) is 6.61 Å². The van der Waals surface area contributed by atoms with Gasteiger partial charge in [0.2, 0.25) is 0 Å². The third kappa shape index (κ3) is 13.6. The van der Waals surface area contributed by atoms with Crippen LogP contribution in [0.2, 0.25) is 0 Å². The zero-order valence-corrected chi connectivity index (χ0v) is 12.2. The Bertz CT molecular complexity index is 189. The summed E-state index contributed by atoms with van der Waals surface area (Å²) >= 11 is 5.10. The standard InChI is InChI=1S/C15H28OS/c1-3-5-6-7-8-9-10-11-12-13-15(17)16-14-4-2/h4H,2-3,5-14H2,1H3. The first-order valence-corrected chi connectivity index (χ1v) is 7.48. The SMILES string of the molecule is C=CCOC(=S)CCCCCCCCCCC. The molecule has 0 aromatic carbocycles. The van der Waals surface area contributed by atoms with E-state index in [1.54, 1.807) is 6.08 Å². The molecule has 2 heteroatoms. The first kappa shape index (κ1) is 16.6. The van der Waals surface area contributed by atoms with Crippen LogP contribution < -0.4 is 0 Å². The molecule has 0 amide bonds. The summed E-state index contributed by atoms with van der Waals surface area (Å²) in [5, 5.41) is 0.743.